The van der Waals surface area contributed by atoms with E-state index in [9.17, 15) is 4.39 Å². The summed E-state index contributed by atoms with van der Waals surface area (Å²) in [7, 11) is 0. The van der Waals surface area contributed by atoms with Crippen molar-refractivity contribution >= 4 is 5.84 Å². The molecule has 0 bridgehead atoms. The van der Waals surface area contributed by atoms with E-state index in [4.69, 9.17) is 20.6 Å². The molecule has 1 aromatic carbocycles. The fourth-order valence-electron chi connectivity index (χ4n) is 2.59. The van der Waals surface area contributed by atoms with Gasteiger partial charge in [-0.25, -0.2) is 4.39 Å². The lowest BCUT2D eigenvalue weighted by atomic mass is 10.0. The molecular formula is C15H21FN2O2. The highest BCUT2D eigenvalue weighted by atomic mass is 19.1. The van der Waals surface area contributed by atoms with Gasteiger partial charge in [-0.05, 0) is 32.8 Å². The first-order chi connectivity index (χ1) is 9.47. The van der Waals surface area contributed by atoms with E-state index < -0.39 is 5.82 Å². The summed E-state index contributed by atoms with van der Waals surface area (Å²) in [6, 6.07) is 4.85. The average molecular weight is 280 g/mol. The topological polar surface area (TPSA) is 68.3 Å². The van der Waals surface area contributed by atoms with Crippen LogP contribution in [0.5, 0.6) is 0 Å². The standard InChI is InChI=1S/C15H21FN2O2/c1-9-6-12(7-10(2)20-9)19-8-11-4-3-5-13(14(11)16)15(17)18/h3-5,9-10,12H,6-8H2,1-2H3,(H3,17,18). The number of ether oxygens (including phenoxy) is 2. The summed E-state index contributed by atoms with van der Waals surface area (Å²) in [6.45, 7) is 4.23. The van der Waals surface area contributed by atoms with Crippen molar-refractivity contribution in [3.8, 4) is 0 Å². The van der Waals surface area contributed by atoms with E-state index in [-0.39, 0.29) is 36.3 Å². The first-order valence-corrected chi connectivity index (χ1v) is 6.86. The lowest BCUT2D eigenvalue weighted by molar-refractivity contribution is -0.106. The van der Waals surface area contributed by atoms with E-state index >= 15 is 0 Å². The molecule has 2 rings (SSSR count). The van der Waals surface area contributed by atoms with Gasteiger partial charge in [-0.1, -0.05) is 12.1 Å². The van der Waals surface area contributed by atoms with E-state index in [0.29, 0.717) is 5.56 Å². The third-order valence-electron chi connectivity index (χ3n) is 3.50. The maximum absolute atomic E-state index is 14.1. The summed E-state index contributed by atoms with van der Waals surface area (Å²) < 4.78 is 25.5. The Morgan fingerprint density at radius 1 is 1.40 bits per heavy atom. The number of rotatable bonds is 4. The average Bonchev–Trinajstić information content (AvgIpc) is 2.36. The zero-order valence-corrected chi connectivity index (χ0v) is 11.9. The molecule has 1 aliphatic heterocycles. The van der Waals surface area contributed by atoms with Crippen molar-refractivity contribution in [1.82, 2.24) is 0 Å². The van der Waals surface area contributed by atoms with E-state index in [1.54, 1.807) is 12.1 Å². The molecule has 0 radical (unpaired) electrons. The molecule has 2 unspecified atom stereocenters. The smallest absolute Gasteiger partial charge is 0.139 e. The minimum Gasteiger partial charge on any atom is -0.384 e. The molecule has 0 spiro atoms. The third kappa shape index (κ3) is 3.55. The Morgan fingerprint density at radius 3 is 2.65 bits per heavy atom. The number of hydrogen-bond donors (Lipinski definition) is 2. The van der Waals surface area contributed by atoms with Gasteiger partial charge < -0.3 is 15.2 Å². The Hall–Kier alpha value is -1.46. The van der Waals surface area contributed by atoms with Gasteiger partial charge in [-0.3, -0.25) is 5.41 Å². The minimum atomic E-state index is -0.465. The van der Waals surface area contributed by atoms with Crippen LogP contribution in [0.3, 0.4) is 0 Å². The zero-order chi connectivity index (χ0) is 14.7. The zero-order valence-electron chi connectivity index (χ0n) is 11.9. The van der Waals surface area contributed by atoms with Gasteiger partial charge in [-0.2, -0.15) is 0 Å². The van der Waals surface area contributed by atoms with Crippen LogP contribution in [-0.2, 0) is 16.1 Å². The molecule has 110 valence electrons. The van der Waals surface area contributed by atoms with Crippen molar-refractivity contribution in [3.05, 3.63) is 35.1 Å². The summed E-state index contributed by atoms with van der Waals surface area (Å²) in [4.78, 5) is 0. The van der Waals surface area contributed by atoms with Gasteiger partial charge in [0.1, 0.15) is 11.7 Å². The third-order valence-corrected chi connectivity index (χ3v) is 3.50. The highest BCUT2D eigenvalue weighted by Gasteiger charge is 2.25. The Labute approximate surface area is 118 Å². The second-order valence-corrected chi connectivity index (χ2v) is 5.35. The van der Waals surface area contributed by atoms with E-state index in [1.807, 2.05) is 13.8 Å². The predicted octanol–water partition coefficient (Wildman–Crippen LogP) is 2.58. The lowest BCUT2D eigenvalue weighted by Gasteiger charge is -2.32. The van der Waals surface area contributed by atoms with Crippen LogP contribution >= 0.6 is 0 Å². The molecule has 1 heterocycles. The Balaban J connectivity index is 2.00. The van der Waals surface area contributed by atoms with E-state index in [1.165, 1.54) is 6.07 Å². The highest BCUT2D eigenvalue weighted by Crippen LogP contribution is 2.23. The molecule has 2 atom stereocenters. The van der Waals surface area contributed by atoms with Gasteiger partial charge in [0.15, 0.2) is 0 Å². The number of nitrogens with two attached hydrogens (primary N) is 1. The van der Waals surface area contributed by atoms with E-state index in [2.05, 4.69) is 0 Å². The van der Waals surface area contributed by atoms with E-state index in [0.717, 1.165) is 12.8 Å². The molecular weight excluding hydrogens is 259 g/mol. The Morgan fingerprint density at radius 2 is 2.05 bits per heavy atom. The maximum Gasteiger partial charge on any atom is 0.139 e. The predicted molar refractivity (Wildman–Crippen MR) is 75.2 cm³/mol. The molecule has 1 saturated heterocycles. The molecule has 3 N–H and O–H groups in total. The van der Waals surface area contributed by atoms with Gasteiger partial charge in [0.05, 0.1) is 30.5 Å². The van der Waals surface area contributed by atoms with Gasteiger partial charge in [0.2, 0.25) is 0 Å². The van der Waals surface area contributed by atoms with Crippen LogP contribution < -0.4 is 5.73 Å². The quantitative estimate of drug-likeness (QED) is 0.658. The second-order valence-electron chi connectivity index (χ2n) is 5.35. The fourth-order valence-corrected chi connectivity index (χ4v) is 2.59. The van der Waals surface area contributed by atoms with Crippen molar-refractivity contribution in [2.24, 2.45) is 5.73 Å². The summed E-state index contributed by atoms with van der Waals surface area (Å²) in [5.74, 6) is -0.731. The van der Waals surface area contributed by atoms with Crippen LogP contribution in [0.15, 0.2) is 18.2 Å². The highest BCUT2D eigenvalue weighted by molar-refractivity contribution is 5.95. The van der Waals surface area contributed by atoms with Crippen LogP contribution in [0, 0.1) is 11.2 Å². The molecule has 20 heavy (non-hydrogen) atoms. The molecule has 4 nitrogen and oxygen atoms in total. The van der Waals surface area contributed by atoms with Crippen LogP contribution in [-0.4, -0.2) is 24.1 Å². The normalized spacial score (nSPS) is 26.4. The minimum absolute atomic E-state index is 0.0779. The molecule has 1 aliphatic rings. The van der Waals surface area contributed by atoms with Crippen LogP contribution in [0.2, 0.25) is 0 Å². The molecule has 1 fully saturated rings. The van der Waals surface area contributed by atoms with Crippen molar-refractivity contribution in [2.75, 3.05) is 0 Å². The van der Waals surface area contributed by atoms with Gasteiger partial charge in [0.25, 0.3) is 0 Å². The first kappa shape index (κ1) is 14.9. The van der Waals surface area contributed by atoms with Crippen molar-refractivity contribution in [1.29, 1.82) is 5.41 Å². The molecule has 5 heteroatoms. The number of nitrogen functional groups attached to an aromatic ring is 1. The van der Waals surface area contributed by atoms with Crippen molar-refractivity contribution < 1.29 is 13.9 Å². The molecule has 0 aliphatic carbocycles. The number of halogens is 1. The molecule has 0 saturated carbocycles. The summed E-state index contributed by atoms with van der Waals surface area (Å²) in [5.41, 5.74) is 5.90. The molecule has 0 amide bonds. The lowest BCUT2D eigenvalue weighted by Crippen LogP contribution is -2.34. The fraction of sp³-hybridized carbons (Fsp3) is 0.533. The van der Waals surface area contributed by atoms with Crippen LogP contribution in [0.25, 0.3) is 0 Å². The summed E-state index contributed by atoms with van der Waals surface area (Å²) in [6.07, 6.45) is 2.04. The van der Waals surface area contributed by atoms with Gasteiger partial charge in [-0.15, -0.1) is 0 Å². The Kier molecular flexibility index (Phi) is 4.73. The molecule has 1 aromatic rings. The summed E-state index contributed by atoms with van der Waals surface area (Å²) >= 11 is 0. The monoisotopic (exact) mass is 280 g/mol. The number of benzene rings is 1. The summed E-state index contributed by atoms with van der Waals surface area (Å²) in [5, 5.41) is 7.33. The van der Waals surface area contributed by atoms with Crippen LogP contribution in [0.1, 0.15) is 37.8 Å². The SMILES string of the molecule is CC1CC(OCc2cccc(C(=N)N)c2F)CC(C)O1. The van der Waals surface area contributed by atoms with Gasteiger partial charge >= 0.3 is 0 Å². The Bertz CT molecular complexity index is 483. The van der Waals surface area contributed by atoms with Crippen molar-refractivity contribution in [3.63, 3.8) is 0 Å². The first-order valence-electron chi connectivity index (χ1n) is 6.86. The van der Waals surface area contributed by atoms with Crippen molar-refractivity contribution in [2.45, 2.75) is 51.6 Å². The van der Waals surface area contributed by atoms with Gasteiger partial charge in [0, 0.05) is 5.56 Å². The number of amidine groups is 1. The maximum atomic E-state index is 14.1. The van der Waals surface area contributed by atoms with Crippen LogP contribution in [0.4, 0.5) is 4.39 Å². The molecule has 0 aromatic heterocycles. The second kappa shape index (κ2) is 6.33. The number of nitrogens with one attached hydrogen (secondary N) is 1. The largest absolute Gasteiger partial charge is 0.384 e. The number of hydrogen-bond acceptors (Lipinski definition) is 3.